The standard InChI is InChI=1S/C41H51ClN4O8S/c42-38-30(22-36(40(49)50)32-13-15-44-24-32)9-5-10-33(38)26-46(25-29-8-3-6-27(18-29)20-35(39(47)48)31-12-14-43-23-31)55(53,54)34-11-4-7-28(19-34)21-37(41(51)52)45-16-1-2-17-45/h3-11,18-19,31-32,35-37,43-44H,1-2,12-17,20-26H2,(H,47,48)(H,49,50)(H,51,52)/t31-,32-,35-,36-,37?/m0/s1. The van der Waals surface area contributed by atoms with Crippen molar-refractivity contribution in [2.24, 2.45) is 23.7 Å². The molecule has 14 heteroatoms. The molecule has 0 amide bonds. The van der Waals surface area contributed by atoms with Crippen molar-refractivity contribution in [3.8, 4) is 0 Å². The van der Waals surface area contributed by atoms with Gasteiger partial charge in [-0.05, 0) is 136 Å². The van der Waals surface area contributed by atoms with Crippen molar-refractivity contribution in [3.63, 3.8) is 0 Å². The normalized spacial score (nSPS) is 20.8. The monoisotopic (exact) mass is 794 g/mol. The summed E-state index contributed by atoms with van der Waals surface area (Å²) in [6, 6.07) is 18.3. The Balaban J connectivity index is 1.32. The van der Waals surface area contributed by atoms with E-state index < -0.39 is 45.8 Å². The van der Waals surface area contributed by atoms with Gasteiger partial charge in [0.15, 0.2) is 0 Å². The molecule has 0 aliphatic carbocycles. The van der Waals surface area contributed by atoms with Crippen LogP contribution in [0.5, 0.6) is 0 Å². The molecule has 3 aromatic carbocycles. The molecule has 3 fully saturated rings. The minimum Gasteiger partial charge on any atom is -0.481 e. The molecule has 0 aromatic heterocycles. The van der Waals surface area contributed by atoms with Crippen LogP contribution in [0.3, 0.4) is 0 Å². The number of nitrogens with one attached hydrogen (secondary N) is 2. The summed E-state index contributed by atoms with van der Waals surface area (Å²) in [5.41, 5.74) is 3.19. The molecule has 3 saturated heterocycles. The van der Waals surface area contributed by atoms with Gasteiger partial charge in [-0.1, -0.05) is 66.2 Å². The number of likely N-dealkylation sites (tertiary alicyclic amines) is 1. The quantitative estimate of drug-likeness (QED) is 0.122. The van der Waals surface area contributed by atoms with Gasteiger partial charge in [0.05, 0.1) is 16.7 Å². The molecule has 12 nitrogen and oxygen atoms in total. The van der Waals surface area contributed by atoms with Gasteiger partial charge >= 0.3 is 17.9 Å². The lowest BCUT2D eigenvalue weighted by atomic mass is 9.86. The summed E-state index contributed by atoms with van der Waals surface area (Å²) < 4.78 is 30.8. The predicted octanol–water partition coefficient (Wildman–Crippen LogP) is 4.53. The number of aliphatic carboxylic acids is 3. The van der Waals surface area contributed by atoms with Gasteiger partial charge in [0.2, 0.25) is 10.0 Å². The number of carboxylic acids is 3. The summed E-state index contributed by atoms with van der Waals surface area (Å²) in [5, 5.41) is 37.0. The molecular formula is C41H51ClN4O8S. The molecule has 5 atom stereocenters. The van der Waals surface area contributed by atoms with E-state index in [2.05, 4.69) is 10.6 Å². The van der Waals surface area contributed by atoms with E-state index in [1.54, 1.807) is 36.4 Å². The Bertz CT molecular complexity index is 1940. The van der Waals surface area contributed by atoms with Crippen LogP contribution in [0.4, 0.5) is 0 Å². The average Bonchev–Trinajstić information content (AvgIpc) is 3.98. The molecule has 3 heterocycles. The average molecular weight is 795 g/mol. The zero-order valence-electron chi connectivity index (χ0n) is 30.9. The molecule has 55 heavy (non-hydrogen) atoms. The molecule has 3 aliphatic rings. The van der Waals surface area contributed by atoms with Gasteiger partial charge in [-0.2, -0.15) is 4.31 Å². The first-order chi connectivity index (χ1) is 26.4. The van der Waals surface area contributed by atoms with Crippen LogP contribution >= 0.6 is 11.6 Å². The smallest absolute Gasteiger partial charge is 0.321 e. The number of halogens is 1. The second kappa shape index (κ2) is 18.4. The van der Waals surface area contributed by atoms with Crippen molar-refractivity contribution in [2.45, 2.75) is 69.0 Å². The molecule has 6 rings (SSSR count). The van der Waals surface area contributed by atoms with Crippen molar-refractivity contribution in [1.82, 2.24) is 19.8 Å². The summed E-state index contributed by atoms with van der Waals surface area (Å²) in [5.74, 6) is -4.00. The van der Waals surface area contributed by atoms with Gasteiger partial charge < -0.3 is 26.0 Å². The Morgan fingerprint density at radius 3 is 1.89 bits per heavy atom. The summed E-state index contributed by atoms with van der Waals surface area (Å²) in [4.78, 5) is 38.8. The summed E-state index contributed by atoms with van der Waals surface area (Å²) in [6.45, 7) is 3.95. The Hall–Kier alpha value is -3.85. The zero-order chi connectivity index (χ0) is 39.1. The minimum atomic E-state index is -4.23. The third kappa shape index (κ3) is 10.1. The molecule has 0 spiro atoms. The summed E-state index contributed by atoms with van der Waals surface area (Å²) in [7, 11) is -4.23. The van der Waals surface area contributed by atoms with E-state index in [0.29, 0.717) is 59.9 Å². The van der Waals surface area contributed by atoms with E-state index in [1.807, 2.05) is 29.2 Å². The van der Waals surface area contributed by atoms with Crippen LogP contribution in [0.2, 0.25) is 5.02 Å². The first-order valence-corrected chi connectivity index (χ1v) is 21.0. The lowest BCUT2D eigenvalue weighted by Gasteiger charge is -2.26. The number of carbonyl (C=O) groups is 3. The molecule has 296 valence electrons. The maximum absolute atomic E-state index is 14.7. The number of nitrogens with zero attached hydrogens (tertiary/aromatic N) is 2. The van der Waals surface area contributed by atoms with E-state index >= 15 is 0 Å². The van der Waals surface area contributed by atoms with E-state index in [0.717, 1.165) is 44.3 Å². The van der Waals surface area contributed by atoms with Gasteiger partial charge in [0.25, 0.3) is 0 Å². The molecule has 0 saturated carbocycles. The second-order valence-corrected chi connectivity index (χ2v) is 17.6. The molecule has 0 bridgehead atoms. The van der Waals surface area contributed by atoms with Crippen LogP contribution in [0.1, 0.15) is 53.5 Å². The predicted molar refractivity (Wildman–Crippen MR) is 208 cm³/mol. The number of carboxylic acid groups (broad SMARTS) is 3. The Morgan fingerprint density at radius 2 is 1.29 bits per heavy atom. The van der Waals surface area contributed by atoms with E-state index in [4.69, 9.17) is 11.6 Å². The van der Waals surface area contributed by atoms with Crippen molar-refractivity contribution in [2.75, 3.05) is 39.3 Å². The third-order valence-corrected chi connectivity index (χ3v) is 13.8. The number of hydrogen-bond acceptors (Lipinski definition) is 8. The van der Waals surface area contributed by atoms with Gasteiger partial charge in [-0.15, -0.1) is 0 Å². The Morgan fingerprint density at radius 1 is 0.727 bits per heavy atom. The second-order valence-electron chi connectivity index (χ2n) is 15.2. The maximum atomic E-state index is 14.7. The first kappa shape index (κ1) is 40.8. The fraction of sp³-hybridized carbons (Fsp3) is 0.488. The Kier molecular flexibility index (Phi) is 13.6. The SMILES string of the molecule is O=C(O)C(Cc1cccc(S(=O)(=O)N(Cc2cccc(C[C@H](C(=O)O)[C@H]3CCNC3)c2)Cc2cccc(C[C@H](C(=O)O)[C@H]3CCNC3)c2Cl)c1)N1CCCC1. The van der Waals surface area contributed by atoms with Gasteiger partial charge in [0, 0.05) is 18.1 Å². The molecule has 3 aliphatic heterocycles. The van der Waals surface area contributed by atoms with Crippen LogP contribution in [-0.4, -0.2) is 96.2 Å². The van der Waals surface area contributed by atoms with E-state index in [1.165, 1.54) is 10.4 Å². The number of rotatable bonds is 18. The number of sulfonamides is 1. The third-order valence-electron chi connectivity index (χ3n) is 11.6. The van der Waals surface area contributed by atoms with Crippen LogP contribution in [0.25, 0.3) is 0 Å². The molecular weight excluding hydrogens is 744 g/mol. The van der Waals surface area contributed by atoms with Crippen molar-refractivity contribution in [3.05, 3.63) is 99.6 Å². The molecule has 3 aromatic rings. The van der Waals surface area contributed by atoms with Crippen LogP contribution in [0.15, 0.2) is 71.6 Å². The van der Waals surface area contributed by atoms with Gasteiger partial charge in [-0.3, -0.25) is 19.3 Å². The topological polar surface area (TPSA) is 177 Å². The highest BCUT2D eigenvalue weighted by atomic mass is 35.5. The lowest BCUT2D eigenvalue weighted by molar-refractivity contribution is -0.144. The maximum Gasteiger partial charge on any atom is 0.321 e. The van der Waals surface area contributed by atoms with Crippen LogP contribution < -0.4 is 10.6 Å². The highest BCUT2D eigenvalue weighted by Gasteiger charge is 2.34. The zero-order valence-corrected chi connectivity index (χ0v) is 32.5. The van der Waals surface area contributed by atoms with Gasteiger partial charge in [-0.25, -0.2) is 8.42 Å². The fourth-order valence-electron chi connectivity index (χ4n) is 8.46. The first-order valence-electron chi connectivity index (χ1n) is 19.2. The van der Waals surface area contributed by atoms with E-state index in [-0.39, 0.29) is 42.7 Å². The van der Waals surface area contributed by atoms with Crippen molar-refractivity contribution >= 4 is 39.5 Å². The number of hydrogen-bond donors (Lipinski definition) is 5. The molecule has 0 radical (unpaired) electrons. The fourth-order valence-corrected chi connectivity index (χ4v) is 10.2. The number of benzene rings is 3. The summed E-state index contributed by atoms with van der Waals surface area (Å²) >= 11 is 7.01. The van der Waals surface area contributed by atoms with Crippen LogP contribution in [0, 0.1) is 23.7 Å². The lowest BCUT2D eigenvalue weighted by Crippen LogP contribution is -2.40. The van der Waals surface area contributed by atoms with Crippen molar-refractivity contribution in [1.29, 1.82) is 0 Å². The van der Waals surface area contributed by atoms with Crippen molar-refractivity contribution < 1.29 is 38.1 Å². The minimum absolute atomic E-state index is 0.00317. The molecule has 5 N–H and O–H groups in total. The Labute approximate surface area is 327 Å². The van der Waals surface area contributed by atoms with Crippen LogP contribution in [-0.2, 0) is 56.8 Å². The molecule has 1 unspecified atom stereocenters. The summed E-state index contributed by atoms with van der Waals surface area (Å²) in [6.07, 6.45) is 4.02. The van der Waals surface area contributed by atoms with Gasteiger partial charge in [0.1, 0.15) is 6.04 Å². The highest BCUT2D eigenvalue weighted by molar-refractivity contribution is 7.89. The largest absolute Gasteiger partial charge is 0.481 e. The highest BCUT2D eigenvalue weighted by Crippen LogP contribution is 2.32. The van der Waals surface area contributed by atoms with E-state index in [9.17, 15) is 38.1 Å².